The van der Waals surface area contributed by atoms with Crippen LogP contribution in [0.15, 0.2) is 120 Å². The van der Waals surface area contributed by atoms with Crippen LogP contribution in [0, 0.1) is 0 Å². The molecule has 5 unspecified atom stereocenters. The summed E-state index contributed by atoms with van der Waals surface area (Å²) >= 11 is 0. The molecule has 5 atom stereocenters. The van der Waals surface area contributed by atoms with Gasteiger partial charge in [-0.25, -0.2) is 0 Å². The normalized spacial score (nSPS) is 27.8. The van der Waals surface area contributed by atoms with Gasteiger partial charge in [-0.3, -0.25) is 4.36 Å². The first-order valence-electron chi connectivity index (χ1n) is 13.5. The van der Waals surface area contributed by atoms with Crippen molar-refractivity contribution >= 4 is 28.4 Å². The van der Waals surface area contributed by atoms with Crippen molar-refractivity contribution in [3.8, 4) is 0 Å². The van der Waals surface area contributed by atoms with Gasteiger partial charge in [0.2, 0.25) is 0 Å². The minimum absolute atomic E-state index is 0. The SMILES string of the molecule is C1=CC2=C(CC1)C1N=C3[N-]S(=NC4[N-]C(=NC5[N-]C(N=C2[N-]1)c1ccccc15)c1ccccc14)c1ccccc13.[Cu]. The maximum Gasteiger partial charge on any atom is 0.0899 e. The summed E-state index contributed by atoms with van der Waals surface area (Å²) in [6.07, 6.45) is 4.66. The zero-order valence-corrected chi connectivity index (χ0v) is 23.4. The van der Waals surface area contributed by atoms with Gasteiger partial charge in [0.25, 0.3) is 0 Å². The number of benzene rings is 3. The average Bonchev–Trinajstić information content (AvgIpc) is 3.73. The first-order chi connectivity index (χ1) is 19.8. The maximum absolute atomic E-state index is 5.18. The third-order valence-corrected chi connectivity index (χ3v) is 9.49. The van der Waals surface area contributed by atoms with Gasteiger partial charge in [-0.15, -0.1) is 12.3 Å². The third kappa shape index (κ3) is 3.89. The number of amidine groups is 3. The first-order valence-corrected chi connectivity index (χ1v) is 14.6. The van der Waals surface area contributed by atoms with E-state index in [9.17, 15) is 0 Å². The van der Waals surface area contributed by atoms with Gasteiger partial charge >= 0.3 is 0 Å². The van der Waals surface area contributed by atoms with Crippen molar-refractivity contribution < 1.29 is 17.1 Å². The van der Waals surface area contributed by atoms with Gasteiger partial charge in [-0.1, -0.05) is 118 Å². The van der Waals surface area contributed by atoms with Crippen LogP contribution in [0.25, 0.3) is 20.7 Å². The van der Waals surface area contributed by atoms with Crippen molar-refractivity contribution in [3.05, 3.63) is 145 Å². The summed E-state index contributed by atoms with van der Waals surface area (Å²) in [5.74, 6) is 2.07. The number of hydrogen-bond donors (Lipinski definition) is 0. The molecule has 0 spiro atoms. The standard InChI is InChI=1S/C31H22N8S.Cu/c1-2-10-18-17(9-1)25-32-26(18)35-29-21-13-5-6-14-22(21)30(36-29)38-40-24-16-8-7-15-23(24)31(39-40)37-28-20-12-4-3-11-19(20)27(33-25)34-28;/h1-3,5-11,13-16,25-26,28,30H,4,12H2;/q-4;. The maximum atomic E-state index is 5.18. The van der Waals surface area contributed by atoms with Crippen molar-refractivity contribution in [3.63, 3.8) is 0 Å². The molecule has 3 aromatic carbocycles. The fourth-order valence-electron chi connectivity index (χ4n) is 6.09. The van der Waals surface area contributed by atoms with Gasteiger partial charge in [0.15, 0.2) is 0 Å². The molecule has 1 radical (unpaired) electrons. The Morgan fingerprint density at radius 2 is 1.32 bits per heavy atom. The van der Waals surface area contributed by atoms with Crippen LogP contribution in [0.4, 0.5) is 0 Å². The van der Waals surface area contributed by atoms with E-state index in [2.05, 4.69) is 48.6 Å². The molecule has 207 valence electrons. The van der Waals surface area contributed by atoms with E-state index < -0.39 is 29.4 Å². The van der Waals surface area contributed by atoms with E-state index in [4.69, 9.17) is 40.0 Å². The fraction of sp³-hybridized carbons (Fsp3) is 0.194. The van der Waals surface area contributed by atoms with Gasteiger partial charge in [-0.05, 0) is 53.2 Å². The predicted molar refractivity (Wildman–Crippen MR) is 159 cm³/mol. The summed E-state index contributed by atoms with van der Waals surface area (Å²) in [5.41, 5.74) is 7.40. The molecule has 0 saturated carbocycles. The van der Waals surface area contributed by atoms with E-state index >= 15 is 0 Å². The van der Waals surface area contributed by atoms with Crippen LogP contribution in [0.5, 0.6) is 0 Å². The number of hydrogen-bond acceptors (Lipinski definition) is 4. The predicted octanol–water partition coefficient (Wildman–Crippen LogP) is 7.58. The number of allylic oxidation sites excluding steroid dienone is 1. The molecule has 8 nitrogen and oxygen atoms in total. The number of aliphatic imine (C=N–C) groups is 3. The van der Waals surface area contributed by atoms with E-state index in [0.29, 0.717) is 17.5 Å². The molecule has 3 aromatic rings. The Kier molecular flexibility index (Phi) is 5.86. The van der Waals surface area contributed by atoms with Crippen LogP contribution in [0.2, 0.25) is 0 Å². The van der Waals surface area contributed by atoms with Gasteiger partial charge in [0, 0.05) is 22.0 Å². The van der Waals surface area contributed by atoms with E-state index in [1.54, 1.807) is 0 Å². The second-order valence-electron chi connectivity index (χ2n) is 10.3. The van der Waals surface area contributed by atoms with Crippen LogP contribution < -0.4 is 0 Å². The molecule has 8 bridgehead atoms. The molecule has 0 amide bonds. The second kappa shape index (κ2) is 9.63. The number of rotatable bonds is 0. The number of nitrogens with zero attached hydrogens (tertiary/aromatic N) is 8. The second-order valence-corrected chi connectivity index (χ2v) is 11.7. The summed E-state index contributed by atoms with van der Waals surface area (Å²) in [6, 6.07) is 24.7. The Morgan fingerprint density at radius 1 is 0.659 bits per heavy atom. The van der Waals surface area contributed by atoms with Crippen LogP contribution in [0.1, 0.15) is 59.2 Å². The molecular formula is C31H22CuN8S-4. The van der Waals surface area contributed by atoms with Crippen LogP contribution in [-0.4, -0.2) is 23.7 Å². The summed E-state index contributed by atoms with van der Waals surface area (Å²) in [7, 11) is -0.748. The molecule has 0 saturated heterocycles. The quantitative estimate of drug-likeness (QED) is 0.237. The number of fused-ring (bicyclic) bond motifs is 19. The molecule has 41 heavy (non-hydrogen) atoms. The topological polar surface area (TPSA) is 106 Å². The summed E-state index contributed by atoms with van der Waals surface area (Å²) in [6.45, 7) is 0. The van der Waals surface area contributed by atoms with Crippen molar-refractivity contribution in [2.45, 2.75) is 42.4 Å². The van der Waals surface area contributed by atoms with Gasteiger partial charge in [0.1, 0.15) is 0 Å². The van der Waals surface area contributed by atoms with Gasteiger partial charge in [-0.2, -0.15) is 0 Å². The van der Waals surface area contributed by atoms with Crippen LogP contribution in [-0.2, 0) is 27.9 Å². The Labute approximate surface area is 251 Å². The molecule has 0 aromatic heterocycles. The van der Waals surface area contributed by atoms with Crippen molar-refractivity contribution in [2.24, 2.45) is 19.3 Å². The summed E-state index contributed by atoms with van der Waals surface area (Å²) in [5, 5.41) is 15.2. The van der Waals surface area contributed by atoms with Crippen LogP contribution >= 0.6 is 0 Å². The van der Waals surface area contributed by atoms with Crippen molar-refractivity contribution in [2.75, 3.05) is 0 Å². The Balaban J connectivity index is 0.00000256. The third-order valence-electron chi connectivity index (χ3n) is 8.00. The van der Waals surface area contributed by atoms with E-state index in [1.165, 1.54) is 5.57 Å². The zero-order chi connectivity index (χ0) is 26.2. The molecule has 5 aliphatic heterocycles. The molecule has 1 aliphatic carbocycles. The van der Waals surface area contributed by atoms with Gasteiger partial charge < -0.3 is 35.6 Å². The van der Waals surface area contributed by atoms with Crippen LogP contribution in [0.3, 0.4) is 0 Å². The largest absolute Gasteiger partial charge is 0.651 e. The Morgan fingerprint density at radius 3 is 2.15 bits per heavy atom. The Hall–Kier alpha value is -3.82. The fourth-order valence-corrected chi connectivity index (χ4v) is 7.57. The summed E-state index contributed by atoms with van der Waals surface area (Å²) in [4.78, 5) is 16.4. The van der Waals surface area contributed by atoms with E-state index in [1.807, 2.05) is 36.4 Å². The minimum Gasteiger partial charge on any atom is -0.651 e. The average molecular weight is 602 g/mol. The molecule has 9 rings (SSSR count). The van der Waals surface area contributed by atoms with Crippen molar-refractivity contribution in [1.29, 1.82) is 0 Å². The molecule has 0 N–H and O–H groups in total. The Bertz CT molecular complexity index is 1800. The van der Waals surface area contributed by atoms with E-state index in [0.717, 1.165) is 51.1 Å². The van der Waals surface area contributed by atoms with Gasteiger partial charge in [0.05, 0.1) is 6.17 Å². The minimum atomic E-state index is -0.748. The molecule has 5 heterocycles. The molecule has 6 aliphatic rings. The van der Waals surface area contributed by atoms with Crippen molar-refractivity contribution in [1.82, 2.24) is 0 Å². The first kappa shape index (κ1) is 24.9. The zero-order valence-electron chi connectivity index (χ0n) is 21.6. The smallest absolute Gasteiger partial charge is 0.0899 e. The molecular weight excluding hydrogens is 580 g/mol. The monoisotopic (exact) mass is 601 g/mol. The van der Waals surface area contributed by atoms with E-state index in [-0.39, 0.29) is 23.2 Å². The summed E-state index contributed by atoms with van der Waals surface area (Å²) < 4.78 is 10.2. The molecule has 0 fully saturated rings. The molecule has 10 heteroatoms.